The molecule has 0 aliphatic rings. The average molecular weight is 283 g/mol. The fourth-order valence-electron chi connectivity index (χ4n) is 1.90. The van der Waals surface area contributed by atoms with Gasteiger partial charge in [0.05, 0.1) is 0 Å². The molecule has 0 fully saturated rings. The third-order valence-electron chi connectivity index (χ3n) is 3.42. The van der Waals surface area contributed by atoms with Crippen molar-refractivity contribution < 1.29 is 5.21 Å². The van der Waals surface area contributed by atoms with E-state index in [9.17, 15) is 0 Å². The smallest absolute Gasteiger partial charge is 0.144 e. The highest BCUT2D eigenvalue weighted by atomic mass is 32.1. The number of amidine groups is 1. The molecule has 1 atom stereocenters. The Morgan fingerprint density at radius 1 is 1.53 bits per heavy atom. The maximum atomic E-state index is 8.71. The van der Waals surface area contributed by atoms with E-state index in [-0.39, 0.29) is 5.41 Å². The first-order chi connectivity index (χ1) is 8.86. The van der Waals surface area contributed by atoms with Crippen molar-refractivity contribution >= 4 is 17.2 Å². The molecule has 1 rings (SSSR count). The molecule has 1 unspecified atom stereocenters. The predicted octanol–water partition coefficient (Wildman–Crippen LogP) is 3.26. The molecule has 19 heavy (non-hydrogen) atoms. The van der Waals surface area contributed by atoms with Crippen LogP contribution >= 0.6 is 11.3 Å². The number of aryl methyl sites for hydroxylation is 1. The van der Waals surface area contributed by atoms with E-state index >= 15 is 0 Å². The van der Waals surface area contributed by atoms with Crippen LogP contribution in [0.15, 0.2) is 17.3 Å². The van der Waals surface area contributed by atoms with Gasteiger partial charge < -0.3 is 16.3 Å². The first-order valence-electron chi connectivity index (χ1n) is 6.64. The largest absolute Gasteiger partial charge is 0.409 e. The van der Waals surface area contributed by atoms with Crippen molar-refractivity contribution in [2.24, 2.45) is 16.3 Å². The second kappa shape index (κ2) is 6.91. The van der Waals surface area contributed by atoms with Crippen LogP contribution in [0.1, 0.15) is 49.4 Å². The average Bonchev–Trinajstić information content (AvgIpc) is 2.80. The van der Waals surface area contributed by atoms with Crippen LogP contribution in [0.4, 0.5) is 0 Å². The molecule has 1 aromatic heterocycles. The zero-order chi connectivity index (χ0) is 14.5. The van der Waals surface area contributed by atoms with Gasteiger partial charge in [0, 0.05) is 21.2 Å². The van der Waals surface area contributed by atoms with E-state index in [1.807, 2.05) is 25.2 Å². The summed E-state index contributed by atoms with van der Waals surface area (Å²) in [5.41, 5.74) is 5.42. The summed E-state index contributed by atoms with van der Waals surface area (Å²) in [6.07, 6.45) is 1.89. The standard InChI is InChI=1S/C14H25N3OS/c1-10-6-7-12(19-10)11(2)16-9-5-8-14(3,4)13(15)17-18/h6-7,11,16,18H,5,8-9H2,1-4H3,(H2,15,17). The van der Waals surface area contributed by atoms with Crippen LogP contribution in [0.25, 0.3) is 0 Å². The van der Waals surface area contributed by atoms with Crippen LogP contribution in [0.3, 0.4) is 0 Å². The van der Waals surface area contributed by atoms with Crippen LogP contribution in [0.2, 0.25) is 0 Å². The summed E-state index contributed by atoms with van der Waals surface area (Å²) in [7, 11) is 0. The lowest BCUT2D eigenvalue weighted by Gasteiger charge is -2.23. The number of nitrogens with one attached hydrogen (secondary N) is 1. The van der Waals surface area contributed by atoms with Crippen molar-refractivity contribution in [3.63, 3.8) is 0 Å². The van der Waals surface area contributed by atoms with E-state index < -0.39 is 0 Å². The summed E-state index contributed by atoms with van der Waals surface area (Å²) >= 11 is 1.83. The van der Waals surface area contributed by atoms with Gasteiger partial charge in [-0.3, -0.25) is 0 Å². The molecular weight excluding hydrogens is 258 g/mol. The fraction of sp³-hybridized carbons (Fsp3) is 0.643. The van der Waals surface area contributed by atoms with Gasteiger partial charge in [-0.1, -0.05) is 19.0 Å². The molecule has 0 aromatic carbocycles. The third kappa shape index (κ3) is 4.84. The second-order valence-electron chi connectivity index (χ2n) is 5.60. The molecule has 1 aromatic rings. The summed E-state index contributed by atoms with van der Waals surface area (Å²) in [5.74, 6) is 0.300. The quantitative estimate of drug-likeness (QED) is 0.236. The zero-order valence-electron chi connectivity index (χ0n) is 12.2. The van der Waals surface area contributed by atoms with Crippen LogP contribution < -0.4 is 11.1 Å². The number of thiophene rings is 1. The Labute approximate surface area is 119 Å². The molecule has 5 heteroatoms. The lowest BCUT2D eigenvalue weighted by atomic mass is 9.86. The zero-order valence-corrected chi connectivity index (χ0v) is 13.0. The highest BCUT2D eigenvalue weighted by molar-refractivity contribution is 7.12. The van der Waals surface area contributed by atoms with Crippen LogP contribution in [0, 0.1) is 12.3 Å². The molecule has 0 saturated heterocycles. The SMILES string of the molecule is Cc1ccc(C(C)NCCCC(C)(C)C(N)=NO)s1. The summed E-state index contributed by atoms with van der Waals surface area (Å²) in [5, 5.41) is 15.3. The van der Waals surface area contributed by atoms with Gasteiger partial charge in [-0.2, -0.15) is 0 Å². The van der Waals surface area contributed by atoms with Gasteiger partial charge in [-0.25, -0.2) is 0 Å². The molecule has 0 aliphatic carbocycles. The Morgan fingerprint density at radius 2 is 2.21 bits per heavy atom. The molecular formula is C14H25N3OS. The Morgan fingerprint density at radius 3 is 2.74 bits per heavy atom. The normalized spacial score (nSPS) is 14.6. The van der Waals surface area contributed by atoms with Crippen LogP contribution in [0.5, 0.6) is 0 Å². The molecule has 0 bridgehead atoms. The summed E-state index contributed by atoms with van der Waals surface area (Å²) in [4.78, 5) is 2.71. The lowest BCUT2D eigenvalue weighted by molar-refractivity contribution is 0.304. The molecule has 0 amide bonds. The summed E-state index contributed by atoms with van der Waals surface area (Å²) in [6, 6.07) is 4.71. The van der Waals surface area contributed by atoms with Crippen molar-refractivity contribution in [3.8, 4) is 0 Å². The number of nitrogens with zero attached hydrogens (tertiary/aromatic N) is 1. The van der Waals surface area contributed by atoms with Crippen molar-refractivity contribution in [2.45, 2.75) is 46.6 Å². The molecule has 0 saturated carbocycles. The second-order valence-corrected chi connectivity index (χ2v) is 6.92. The van der Waals surface area contributed by atoms with Gasteiger partial charge in [0.1, 0.15) is 5.84 Å². The maximum absolute atomic E-state index is 8.71. The van der Waals surface area contributed by atoms with Crippen molar-refractivity contribution in [3.05, 3.63) is 21.9 Å². The van der Waals surface area contributed by atoms with Crippen LogP contribution in [-0.2, 0) is 0 Å². The van der Waals surface area contributed by atoms with E-state index in [1.165, 1.54) is 9.75 Å². The van der Waals surface area contributed by atoms with E-state index in [1.54, 1.807) is 0 Å². The molecule has 1 heterocycles. The van der Waals surface area contributed by atoms with Gasteiger partial charge >= 0.3 is 0 Å². The first-order valence-corrected chi connectivity index (χ1v) is 7.46. The van der Waals surface area contributed by atoms with E-state index in [0.717, 1.165) is 19.4 Å². The molecule has 0 aliphatic heterocycles. The van der Waals surface area contributed by atoms with E-state index in [4.69, 9.17) is 10.9 Å². The maximum Gasteiger partial charge on any atom is 0.144 e. The fourth-order valence-corrected chi connectivity index (χ4v) is 2.80. The number of rotatable bonds is 7. The topological polar surface area (TPSA) is 70.6 Å². The summed E-state index contributed by atoms with van der Waals surface area (Å²) in [6.45, 7) is 9.23. The Balaban J connectivity index is 2.31. The van der Waals surface area contributed by atoms with E-state index in [0.29, 0.717) is 11.9 Å². The number of nitrogens with two attached hydrogens (primary N) is 1. The monoisotopic (exact) mass is 283 g/mol. The minimum Gasteiger partial charge on any atom is -0.409 e. The third-order valence-corrected chi connectivity index (χ3v) is 4.60. The van der Waals surface area contributed by atoms with Gasteiger partial charge in [0.25, 0.3) is 0 Å². The highest BCUT2D eigenvalue weighted by Gasteiger charge is 2.22. The van der Waals surface area contributed by atoms with Gasteiger partial charge in [0.2, 0.25) is 0 Å². The Hall–Kier alpha value is -1.07. The van der Waals surface area contributed by atoms with Crippen molar-refractivity contribution in [1.82, 2.24) is 5.32 Å². The lowest BCUT2D eigenvalue weighted by Crippen LogP contribution is -2.32. The minimum absolute atomic E-state index is 0.251. The predicted molar refractivity (Wildman–Crippen MR) is 81.9 cm³/mol. The van der Waals surface area contributed by atoms with Gasteiger partial charge in [-0.15, -0.1) is 11.3 Å². The summed E-state index contributed by atoms with van der Waals surface area (Å²) < 4.78 is 0. The highest BCUT2D eigenvalue weighted by Crippen LogP contribution is 2.24. The van der Waals surface area contributed by atoms with Crippen LogP contribution in [-0.4, -0.2) is 17.6 Å². The molecule has 108 valence electrons. The van der Waals surface area contributed by atoms with Crippen molar-refractivity contribution in [1.29, 1.82) is 0 Å². The van der Waals surface area contributed by atoms with Gasteiger partial charge in [0.15, 0.2) is 0 Å². The number of oxime groups is 1. The molecule has 0 spiro atoms. The number of hydrogen-bond acceptors (Lipinski definition) is 4. The van der Waals surface area contributed by atoms with Crippen molar-refractivity contribution in [2.75, 3.05) is 6.54 Å². The molecule has 4 nitrogen and oxygen atoms in total. The minimum atomic E-state index is -0.251. The van der Waals surface area contributed by atoms with Gasteiger partial charge in [-0.05, 0) is 45.4 Å². The Bertz CT molecular complexity index is 426. The first kappa shape index (κ1) is 16.0. The van der Waals surface area contributed by atoms with E-state index in [2.05, 4.69) is 36.5 Å². The molecule has 4 N–H and O–H groups in total. The Kier molecular flexibility index (Phi) is 5.82. The molecule has 0 radical (unpaired) electrons. The number of hydrogen-bond donors (Lipinski definition) is 3.